The number of rotatable bonds is 5. The normalized spacial score (nSPS) is 25.2. The van der Waals surface area contributed by atoms with Crippen molar-refractivity contribution in [1.82, 2.24) is 21.3 Å². The summed E-state index contributed by atoms with van der Waals surface area (Å²) in [5.74, 6) is -2.70. The molecule has 0 aromatic carbocycles. The van der Waals surface area contributed by atoms with E-state index in [4.69, 9.17) is 14.2 Å². The maximum absolute atomic E-state index is 13.3. The monoisotopic (exact) mass is 540 g/mol. The summed E-state index contributed by atoms with van der Waals surface area (Å²) in [6.07, 6.45) is 2.87. The Morgan fingerprint density at radius 2 is 1.68 bits per heavy atom. The van der Waals surface area contributed by atoms with Crippen LogP contribution >= 0.6 is 0 Å². The van der Waals surface area contributed by atoms with Crippen molar-refractivity contribution < 1.29 is 38.2 Å². The highest BCUT2D eigenvalue weighted by Crippen LogP contribution is 2.11. The van der Waals surface area contributed by atoms with Gasteiger partial charge >= 0.3 is 12.1 Å². The number of ether oxygens (including phenoxy) is 3. The van der Waals surface area contributed by atoms with E-state index in [0.717, 1.165) is 0 Å². The Hall–Kier alpha value is -3.15. The fourth-order valence-electron chi connectivity index (χ4n) is 3.57. The number of alkyl carbamates (subject to hydrolysis) is 1. The third-order valence-corrected chi connectivity index (χ3v) is 5.43. The van der Waals surface area contributed by atoms with E-state index in [2.05, 4.69) is 21.3 Å². The Kier molecular flexibility index (Phi) is 13.2. The van der Waals surface area contributed by atoms with Gasteiger partial charge in [-0.25, -0.2) is 9.59 Å². The van der Waals surface area contributed by atoms with Gasteiger partial charge in [-0.2, -0.15) is 0 Å². The lowest BCUT2D eigenvalue weighted by Gasteiger charge is -2.29. The zero-order valence-corrected chi connectivity index (χ0v) is 23.7. The first-order valence-electron chi connectivity index (χ1n) is 12.9. The predicted octanol–water partition coefficient (Wildman–Crippen LogP) is 1.19. The molecule has 0 radical (unpaired) electrons. The molecule has 0 saturated carbocycles. The average molecular weight is 541 g/mol. The number of carbonyl (C=O) groups excluding carboxylic acids is 5. The average Bonchev–Trinajstić information content (AvgIpc) is 2.79. The summed E-state index contributed by atoms with van der Waals surface area (Å²) in [5.41, 5.74) is -0.787. The zero-order chi connectivity index (χ0) is 29.0. The predicted molar refractivity (Wildman–Crippen MR) is 140 cm³/mol. The molecule has 0 bridgehead atoms. The summed E-state index contributed by atoms with van der Waals surface area (Å²) in [7, 11) is 1.22. The molecule has 0 spiro atoms. The minimum absolute atomic E-state index is 0.0415. The van der Waals surface area contributed by atoms with Gasteiger partial charge in [0.15, 0.2) is 0 Å². The molecule has 1 rings (SSSR count). The molecule has 0 fully saturated rings. The summed E-state index contributed by atoms with van der Waals surface area (Å²) < 4.78 is 15.6. The molecule has 1 heterocycles. The van der Waals surface area contributed by atoms with Crippen LogP contribution in [0.25, 0.3) is 0 Å². The molecule has 1 aliphatic heterocycles. The lowest BCUT2D eigenvalue weighted by molar-refractivity contribution is -0.145. The van der Waals surface area contributed by atoms with Crippen molar-refractivity contribution in [2.75, 3.05) is 20.3 Å². The first kappa shape index (κ1) is 32.9. The van der Waals surface area contributed by atoms with Crippen molar-refractivity contribution in [3.8, 4) is 0 Å². The molecule has 38 heavy (non-hydrogen) atoms. The van der Waals surface area contributed by atoms with Crippen LogP contribution in [0.4, 0.5) is 4.79 Å². The number of nitrogens with one attached hydrogen (secondary N) is 4. The number of amides is 4. The van der Waals surface area contributed by atoms with Crippen LogP contribution in [0.15, 0.2) is 12.2 Å². The molecule has 0 aliphatic carbocycles. The van der Waals surface area contributed by atoms with Crippen LogP contribution in [0.2, 0.25) is 0 Å². The molecule has 3 unspecified atom stereocenters. The van der Waals surface area contributed by atoms with Crippen molar-refractivity contribution in [3.05, 3.63) is 12.2 Å². The molecule has 12 nitrogen and oxygen atoms in total. The fourth-order valence-corrected chi connectivity index (χ4v) is 3.57. The molecule has 216 valence electrons. The molecule has 12 heteroatoms. The van der Waals surface area contributed by atoms with Gasteiger partial charge in [-0.05, 0) is 45.4 Å². The van der Waals surface area contributed by atoms with Crippen LogP contribution < -0.4 is 21.3 Å². The van der Waals surface area contributed by atoms with Gasteiger partial charge in [-0.1, -0.05) is 39.8 Å². The van der Waals surface area contributed by atoms with E-state index in [0.29, 0.717) is 6.42 Å². The summed E-state index contributed by atoms with van der Waals surface area (Å²) in [6, 6.07) is -4.09. The molecule has 0 aromatic rings. The van der Waals surface area contributed by atoms with E-state index < -0.39 is 59.6 Å². The van der Waals surface area contributed by atoms with Crippen LogP contribution in [0.5, 0.6) is 0 Å². The van der Waals surface area contributed by atoms with Crippen molar-refractivity contribution in [3.63, 3.8) is 0 Å². The van der Waals surface area contributed by atoms with E-state index in [1.807, 2.05) is 13.8 Å². The quantitative estimate of drug-likeness (QED) is 0.299. The van der Waals surface area contributed by atoms with Crippen molar-refractivity contribution in [2.24, 2.45) is 11.8 Å². The van der Waals surface area contributed by atoms with Crippen LogP contribution in [-0.4, -0.2) is 79.9 Å². The van der Waals surface area contributed by atoms with Crippen LogP contribution in [0.3, 0.4) is 0 Å². The number of esters is 1. The van der Waals surface area contributed by atoms with Crippen LogP contribution in [0, 0.1) is 11.8 Å². The van der Waals surface area contributed by atoms with Gasteiger partial charge in [0.05, 0.1) is 20.3 Å². The SMILES string of the molecule is COC(=O)C1C/C=C\COC[C@H](NC(=O)OC(C)(C)C)C(=O)NC(C(C)C)C(=O)NC(CC(C)C)C(=O)N1. The van der Waals surface area contributed by atoms with E-state index in [1.165, 1.54) is 7.11 Å². The summed E-state index contributed by atoms with van der Waals surface area (Å²) in [6.45, 7) is 12.2. The number of carbonyl (C=O) groups is 5. The van der Waals surface area contributed by atoms with E-state index in [9.17, 15) is 24.0 Å². The lowest BCUT2D eigenvalue weighted by Crippen LogP contribution is -2.60. The van der Waals surface area contributed by atoms with Gasteiger partial charge in [0.25, 0.3) is 0 Å². The van der Waals surface area contributed by atoms with Gasteiger partial charge in [0, 0.05) is 0 Å². The van der Waals surface area contributed by atoms with Gasteiger partial charge < -0.3 is 35.5 Å². The molecule has 0 aromatic heterocycles. The van der Waals surface area contributed by atoms with Crippen LogP contribution in [-0.2, 0) is 33.4 Å². The topological polar surface area (TPSA) is 161 Å². The fraction of sp³-hybridized carbons (Fsp3) is 0.731. The van der Waals surface area contributed by atoms with Crippen molar-refractivity contribution in [1.29, 1.82) is 0 Å². The Balaban J connectivity index is 3.31. The van der Waals surface area contributed by atoms with Gasteiger partial charge in [0.1, 0.15) is 29.8 Å². The molecule has 1 aliphatic rings. The minimum Gasteiger partial charge on any atom is -0.467 e. The second-order valence-corrected chi connectivity index (χ2v) is 10.9. The molecule has 4 atom stereocenters. The number of hydrogen-bond acceptors (Lipinski definition) is 8. The number of hydrogen-bond donors (Lipinski definition) is 4. The van der Waals surface area contributed by atoms with E-state index >= 15 is 0 Å². The van der Waals surface area contributed by atoms with Gasteiger partial charge in [-0.15, -0.1) is 0 Å². The van der Waals surface area contributed by atoms with Crippen LogP contribution in [0.1, 0.15) is 61.3 Å². The highest BCUT2D eigenvalue weighted by atomic mass is 16.6. The Bertz CT molecular complexity index is 866. The highest BCUT2D eigenvalue weighted by Gasteiger charge is 2.33. The van der Waals surface area contributed by atoms with E-state index in [-0.39, 0.29) is 31.5 Å². The first-order valence-corrected chi connectivity index (χ1v) is 12.9. The standard InChI is InChI=1S/C26H44N4O8/c1-15(2)13-18-21(31)27-17(24(34)36-8)11-9-10-12-37-14-19(29-25(35)38-26(5,6)7)22(32)30-20(16(3)4)23(33)28-18/h9-10,15-20H,11-14H2,1-8H3,(H,27,31)(H,28,33)(H,29,35)(H,30,32)/b10-9-/t17?,18?,19-,20?/m0/s1. The summed E-state index contributed by atoms with van der Waals surface area (Å²) >= 11 is 0. The first-order chi connectivity index (χ1) is 17.6. The Morgan fingerprint density at radius 3 is 2.24 bits per heavy atom. The highest BCUT2D eigenvalue weighted by molar-refractivity contribution is 5.95. The summed E-state index contributed by atoms with van der Waals surface area (Å²) in [5, 5.41) is 10.5. The largest absolute Gasteiger partial charge is 0.467 e. The molecule has 0 saturated heterocycles. The third kappa shape index (κ3) is 11.9. The minimum atomic E-state index is -1.15. The second-order valence-electron chi connectivity index (χ2n) is 10.9. The second kappa shape index (κ2) is 15.3. The maximum atomic E-state index is 13.3. The van der Waals surface area contributed by atoms with Gasteiger partial charge in [0.2, 0.25) is 17.7 Å². The van der Waals surface area contributed by atoms with E-state index in [1.54, 1.807) is 46.8 Å². The Labute approximate surface area is 225 Å². The summed E-state index contributed by atoms with van der Waals surface area (Å²) in [4.78, 5) is 64.2. The van der Waals surface area contributed by atoms with Gasteiger partial charge in [-0.3, -0.25) is 14.4 Å². The van der Waals surface area contributed by atoms with Crippen molar-refractivity contribution >= 4 is 29.8 Å². The zero-order valence-electron chi connectivity index (χ0n) is 23.7. The molecule has 4 amide bonds. The van der Waals surface area contributed by atoms with Crippen molar-refractivity contribution in [2.45, 2.75) is 91.1 Å². The smallest absolute Gasteiger partial charge is 0.408 e. The molecular weight excluding hydrogens is 496 g/mol. The Morgan fingerprint density at radius 1 is 1.03 bits per heavy atom. The third-order valence-electron chi connectivity index (χ3n) is 5.43. The maximum Gasteiger partial charge on any atom is 0.408 e. The number of methoxy groups -OCH3 is 1. The molecular formula is C26H44N4O8. The lowest BCUT2D eigenvalue weighted by atomic mass is 9.99. The molecule has 4 N–H and O–H groups in total.